The van der Waals surface area contributed by atoms with Gasteiger partial charge in [-0.15, -0.1) is 0 Å². The first-order chi connectivity index (χ1) is 21.1. The van der Waals surface area contributed by atoms with Gasteiger partial charge in [0, 0.05) is 0 Å². The molecule has 0 aliphatic heterocycles. The normalized spacial score (nSPS) is 11.8. The Morgan fingerprint density at radius 2 is 0.558 bits per heavy atom. The van der Waals surface area contributed by atoms with Crippen molar-refractivity contribution in [1.29, 1.82) is 0 Å². The number of halogens is 2. The Balaban J connectivity index is 1.18. The predicted octanol–water partition coefficient (Wildman–Crippen LogP) is 7.95. The minimum atomic E-state index is -3.71. The molecule has 0 heterocycles. The van der Waals surface area contributed by atoms with E-state index in [0.717, 1.165) is 0 Å². The second kappa shape index (κ2) is 14.2. The molecule has 0 bridgehead atoms. The number of rotatable bonds is 10. The van der Waals surface area contributed by atoms with Crippen LogP contribution < -0.4 is 38.7 Å². The quantitative estimate of drug-likeness (QED) is 0.105. The first kappa shape index (κ1) is 30.1. The van der Waals surface area contributed by atoms with Crippen LogP contribution in [0.2, 0.25) is 0 Å². The molecule has 218 valence electrons. The van der Waals surface area contributed by atoms with Crippen LogP contribution in [0.4, 0.5) is 0 Å². The van der Waals surface area contributed by atoms with Crippen LogP contribution in [0, 0.1) is 0 Å². The summed E-state index contributed by atoms with van der Waals surface area (Å²) in [5, 5.41) is 7.56. The minimum absolute atomic E-state index is 0.579. The molecule has 6 aromatic rings. The van der Waals surface area contributed by atoms with Gasteiger partial charge < -0.3 is 0 Å². The Hall–Kier alpha value is -2.98. The Bertz CT molecular complexity index is 1510. The topological polar surface area (TPSA) is 18.5 Å². The van der Waals surface area contributed by atoms with Crippen LogP contribution in [0.1, 0.15) is 0 Å². The van der Waals surface area contributed by atoms with Gasteiger partial charge in [-0.3, -0.25) is 0 Å². The van der Waals surface area contributed by atoms with Crippen molar-refractivity contribution in [2.75, 3.05) is 0 Å². The van der Waals surface area contributed by atoms with E-state index in [1.807, 2.05) is 48.5 Å². The average molecular weight is 732 g/mol. The molecule has 0 amide bonds. The number of benzene rings is 6. The fourth-order valence-electron chi connectivity index (χ4n) is 4.67. The van der Waals surface area contributed by atoms with Crippen molar-refractivity contribution in [3.05, 3.63) is 170 Å². The van der Waals surface area contributed by atoms with E-state index in [0.29, 0.717) is 11.5 Å². The summed E-state index contributed by atoms with van der Waals surface area (Å²) in [6, 6.07) is 58.4. The second-order valence-corrected chi connectivity index (χ2v) is 20.4. The summed E-state index contributed by atoms with van der Waals surface area (Å²) in [7, 11) is 11.9. The van der Waals surface area contributed by atoms with Crippen LogP contribution in [0.3, 0.4) is 0 Å². The Morgan fingerprint density at radius 1 is 0.326 bits per heavy atom. The van der Waals surface area contributed by atoms with E-state index in [4.69, 9.17) is 26.0 Å². The summed E-state index contributed by atoms with van der Waals surface area (Å²) in [6.45, 7) is 0. The monoisotopic (exact) mass is 730 g/mol. The zero-order valence-electron chi connectivity index (χ0n) is 22.9. The first-order valence-corrected chi connectivity index (χ1v) is 21.5. The molecule has 0 saturated carbocycles. The van der Waals surface area contributed by atoms with Gasteiger partial charge in [-0.1, -0.05) is 0 Å². The molecule has 0 saturated heterocycles. The predicted molar refractivity (Wildman–Crippen MR) is 183 cm³/mol. The van der Waals surface area contributed by atoms with Gasteiger partial charge in [0.15, 0.2) is 0 Å². The summed E-state index contributed by atoms with van der Waals surface area (Å²) < 4.78 is 12.1. The molecule has 0 unspecified atom stereocenters. The van der Waals surface area contributed by atoms with Gasteiger partial charge in [0.1, 0.15) is 0 Å². The molecule has 0 N–H and O–H groups in total. The van der Waals surface area contributed by atoms with E-state index in [9.17, 15) is 0 Å². The van der Waals surface area contributed by atoms with Crippen LogP contribution in [-0.2, 0) is 14.2 Å². The molecule has 0 aliphatic carbocycles. The van der Waals surface area contributed by atoms with E-state index in [-0.39, 0.29) is 0 Å². The molecule has 0 aliphatic rings. The molecule has 7 heteroatoms. The molecule has 0 aromatic heterocycles. The zero-order chi connectivity index (χ0) is 29.5. The second-order valence-electron chi connectivity index (χ2n) is 9.42. The van der Waals surface area contributed by atoms with E-state index in [1.54, 1.807) is 0 Å². The Labute approximate surface area is 267 Å². The fourth-order valence-corrected chi connectivity index (χ4v) is 11.9. The molecule has 0 spiro atoms. The molecule has 0 atom stereocenters. The SMILES string of the molecule is [Cl][Pd]([Cl])([O]c1ccc(P(c2ccccc2)c2ccccc2)cc1)[O]c1ccc(P(c2ccccc2)c2ccccc2)cc1. The van der Waals surface area contributed by atoms with Gasteiger partial charge in [0.25, 0.3) is 0 Å². The van der Waals surface area contributed by atoms with Crippen LogP contribution in [-0.4, -0.2) is 0 Å². The molecular formula is C36H28Cl2O2P2Pd. The zero-order valence-corrected chi connectivity index (χ0v) is 27.8. The third-order valence-corrected chi connectivity index (χ3v) is 14.1. The molecule has 43 heavy (non-hydrogen) atoms. The Kier molecular flexibility index (Phi) is 9.93. The van der Waals surface area contributed by atoms with Crippen molar-refractivity contribution in [2.24, 2.45) is 0 Å². The van der Waals surface area contributed by atoms with Gasteiger partial charge >= 0.3 is 269 Å². The summed E-state index contributed by atoms with van der Waals surface area (Å²) >= 11 is -3.71. The maximum absolute atomic E-state index is 6.67. The van der Waals surface area contributed by atoms with E-state index in [1.165, 1.54) is 31.8 Å². The standard InChI is InChI=1S/2C18H15OP.2ClH.Pd/c2*19-15-11-13-18(14-12-15)20(16-7-3-1-4-8-16)17-9-5-2-6-10-17;;;/h2*1-14,19H;2*1H;/q;;;;+4/p-4. The van der Waals surface area contributed by atoms with Crippen molar-refractivity contribution in [3.8, 4) is 11.5 Å². The fraction of sp³-hybridized carbons (Fsp3) is 0. The van der Waals surface area contributed by atoms with E-state index in [2.05, 4.69) is 121 Å². The van der Waals surface area contributed by atoms with Crippen LogP contribution in [0.5, 0.6) is 11.5 Å². The molecule has 6 rings (SSSR count). The third-order valence-electron chi connectivity index (χ3n) is 6.55. The van der Waals surface area contributed by atoms with E-state index < -0.39 is 30.1 Å². The summed E-state index contributed by atoms with van der Waals surface area (Å²) in [6.07, 6.45) is 0. The average Bonchev–Trinajstić information content (AvgIpc) is 3.05. The third kappa shape index (κ3) is 7.76. The maximum atomic E-state index is 6.67. The van der Waals surface area contributed by atoms with Gasteiger partial charge in [-0.25, -0.2) is 0 Å². The van der Waals surface area contributed by atoms with Crippen molar-refractivity contribution in [1.82, 2.24) is 0 Å². The van der Waals surface area contributed by atoms with Crippen molar-refractivity contribution < 1.29 is 21.2 Å². The Morgan fingerprint density at radius 3 is 0.814 bits per heavy atom. The molecule has 6 aromatic carbocycles. The van der Waals surface area contributed by atoms with Gasteiger partial charge in [-0.05, 0) is 0 Å². The molecule has 2 nitrogen and oxygen atoms in total. The van der Waals surface area contributed by atoms with Crippen LogP contribution in [0.25, 0.3) is 0 Å². The van der Waals surface area contributed by atoms with E-state index >= 15 is 0 Å². The van der Waals surface area contributed by atoms with Crippen molar-refractivity contribution in [2.45, 2.75) is 0 Å². The van der Waals surface area contributed by atoms with Crippen molar-refractivity contribution >= 4 is 66.7 Å². The van der Waals surface area contributed by atoms with Crippen LogP contribution in [0.15, 0.2) is 170 Å². The van der Waals surface area contributed by atoms with Gasteiger partial charge in [-0.2, -0.15) is 0 Å². The number of hydrogen-bond acceptors (Lipinski definition) is 2. The molecular weight excluding hydrogens is 704 g/mol. The molecule has 0 fully saturated rings. The van der Waals surface area contributed by atoms with Crippen molar-refractivity contribution in [3.63, 3.8) is 0 Å². The number of hydrogen-bond donors (Lipinski definition) is 0. The molecule has 0 radical (unpaired) electrons. The van der Waals surface area contributed by atoms with Gasteiger partial charge in [0.05, 0.1) is 0 Å². The van der Waals surface area contributed by atoms with Crippen LogP contribution >= 0.6 is 34.9 Å². The summed E-state index contributed by atoms with van der Waals surface area (Å²) in [4.78, 5) is 0. The first-order valence-electron chi connectivity index (χ1n) is 13.5. The van der Waals surface area contributed by atoms with Gasteiger partial charge in [0.2, 0.25) is 0 Å². The summed E-state index contributed by atoms with van der Waals surface area (Å²) in [5.41, 5.74) is 0. The summed E-state index contributed by atoms with van der Waals surface area (Å²) in [5.74, 6) is 1.16.